The Morgan fingerprint density at radius 3 is 2.00 bits per heavy atom. The zero-order chi connectivity index (χ0) is 20.9. The first-order chi connectivity index (χ1) is 13.9. The summed E-state index contributed by atoms with van der Waals surface area (Å²) in [5.41, 5.74) is 3.99. The first-order valence-electron chi connectivity index (χ1n) is 8.75. The number of carbonyl (C=O) groups is 1. The van der Waals surface area contributed by atoms with Gasteiger partial charge in [-0.05, 0) is 47.4 Å². The molecule has 150 valence electrons. The molecular formula is C21H19ClN2O4S. The Kier molecular flexibility index (Phi) is 6.66. The Labute approximate surface area is 174 Å². The first kappa shape index (κ1) is 21.0. The minimum atomic E-state index is -3.98. The lowest BCUT2D eigenvalue weighted by molar-refractivity contribution is -0.130. The number of carbonyl (C=O) groups excluding carboxylic acids is 1. The predicted molar refractivity (Wildman–Crippen MR) is 111 cm³/mol. The van der Waals surface area contributed by atoms with Gasteiger partial charge in [-0.1, -0.05) is 66.2 Å². The molecule has 3 rings (SSSR count). The van der Waals surface area contributed by atoms with Crippen molar-refractivity contribution in [2.45, 2.75) is 17.4 Å². The zero-order valence-corrected chi connectivity index (χ0v) is 16.8. The molecule has 0 aromatic heterocycles. The van der Waals surface area contributed by atoms with Crippen LogP contribution in [0.5, 0.6) is 0 Å². The summed E-state index contributed by atoms with van der Waals surface area (Å²) in [6.07, 6.45) is 0.0926. The molecule has 0 bridgehead atoms. The molecule has 3 N–H and O–H groups in total. The number of rotatable bonds is 7. The van der Waals surface area contributed by atoms with E-state index in [9.17, 15) is 13.2 Å². The molecule has 0 heterocycles. The van der Waals surface area contributed by atoms with E-state index in [0.29, 0.717) is 5.02 Å². The van der Waals surface area contributed by atoms with Crippen molar-refractivity contribution < 1.29 is 18.4 Å². The van der Waals surface area contributed by atoms with E-state index < -0.39 is 22.0 Å². The highest BCUT2D eigenvalue weighted by Gasteiger charge is 2.26. The molecule has 1 amide bonds. The first-order valence-corrected chi connectivity index (χ1v) is 10.6. The van der Waals surface area contributed by atoms with Gasteiger partial charge in [0, 0.05) is 5.02 Å². The van der Waals surface area contributed by atoms with E-state index in [-0.39, 0.29) is 11.3 Å². The molecule has 0 saturated carbocycles. The fourth-order valence-corrected chi connectivity index (χ4v) is 4.16. The molecule has 6 nitrogen and oxygen atoms in total. The summed E-state index contributed by atoms with van der Waals surface area (Å²) in [6, 6.07) is 21.2. The Bertz CT molecular complexity index is 1070. The Hall–Kier alpha value is -2.71. The van der Waals surface area contributed by atoms with Crippen LogP contribution in [0, 0.1) is 0 Å². The van der Waals surface area contributed by atoms with Gasteiger partial charge in [0.2, 0.25) is 10.0 Å². The Morgan fingerprint density at radius 2 is 1.45 bits per heavy atom. The maximum atomic E-state index is 12.8. The van der Waals surface area contributed by atoms with E-state index in [0.717, 1.165) is 16.7 Å². The van der Waals surface area contributed by atoms with Crippen molar-refractivity contribution in [1.82, 2.24) is 10.2 Å². The van der Waals surface area contributed by atoms with Crippen molar-refractivity contribution in [3.05, 3.63) is 89.4 Å². The Morgan fingerprint density at radius 1 is 0.897 bits per heavy atom. The highest BCUT2D eigenvalue weighted by atomic mass is 35.5. The topological polar surface area (TPSA) is 95.5 Å². The van der Waals surface area contributed by atoms with E-state index in [1.165, 1.54) is 17.6 Å². The highest BCUT2D eigenvalue weighted by molar-refractivity contribution is 7.89. The summed E-state index contributed by atoms with van der Waals surface area (Å²) in [6.45, 7) is 0. The van der Waals surface area contributed by atoms with Crippen LogP contribution in [-0.4, -0.2) is 25.6 Å². The van der Waals surface area contributed by atoms with Crippen molar-refractivity contribution >= 4 is 27.5 Å². The van der Waals surface area contributed by atoms with E-state index in [1.54, 1.807) is 48.5 Å². The summed E-state index contributed by atoms with van der Waals surface area (Å²) in [5, 5.41) is 9.60. The number of amides is 1. The molecule has 29 heavy (non-hydrogen) atoms. The smallest absolute Gasteiger partial charge is 0.261 e. The monoisotopic (exact) mass is 430 g/mol. The third-order valence-electron chi connectivity index (χ3n) is 4.35. The van der Waals surface area contributed by atoms with Gasteiger partial charge in [0.15, 0.2) is 0 Å². The van der Waals surface area contributed by atoms with Crippen LogP contribution < -0.4 is 10.2 Å². The fraction of sp³-hybridized carbons (Fsp3) is 0.0952. The largest absolute Gasteiger partial charge is 0.289 e. The van der Waals surface area contributed by atoms with Crippen molar-refractivity contribution in [1.29, 1.82) is 0 Å². The number of benzene rings is 3. The molecule has 0 unspecified atom stereocenters. The van der Waals surface area contributed by atoms with E-state index >= 15 is 0 Å². The third kappa shape index (κ3) is 5.42. The van der Waals surface area contributed by atoms with Crippen molar-refractivity contribution in [2.24, 2.45) is 0 Å². The van der Waals surface area contributed by atoms with Crippen LogP contribution in [-0.2, 0) is 21.2 Å². The average molecular weight is 431 g/mol. The molecular weight excluding hydrogens is 412 g/mol. The predicted octanol–water partition coefficient (Wildman–Crippen LogP) is 3.40. The quantitative estimate of drug-likeness (QED) is 0.395. The van der Waals surface area contributed by atoms with Gasteiger partial charge >= 0.3 is 0 Å². The van der Waals surface area contributed by atoms with Crippen LogP contribution in [0.3, 0.4) is 0 Å². The van der Waals surface area contributed by atoms with Crippen LogP contribution >= 0.6 is 11.6 Å². The summed E-state index contributed by atoms with van der Waals surface area (Å²) in [7, 11) is -3.98. The van der Waals surface area contributed by atoms with Crippen molar-refractivity contribution in [3.63, 3.8) is 0 Å². The Balaban J connectivity index is 1.80. The number of hydrogen-bond donors (Lipinski definition) is 3. The molecule has 3 aromatic carbocycles. The average Bonchev–Trinajstić information content (AvgIpc) is 2.74. The van der Waals surface area contributed by atoms with Crippen LogP contribution in [0.4, 0.5) is 0 Å². The van der Waals surface area contributed by atoms with Gasteiger partial charge in [-0.3, -0.25) is 10.0 Å². The molecule has 0 aliphatic heterocycles. The molecule has 0 aliphatic rings. The number of hydroxylamine groups is 1. The van der Waals surface area contributed by atoms with Gasteiger partial charge in [0.05, 0.1) is 4.90 Å². The van der Waals surface area contributed by atoms with Gasteiger partial charge in [-0.15, -0.1) is 0 Å². The van der Waals surface area contributed by atoms with Crippen molar-refractivity contribution in [3.8, 4) is 11.1 Å². The van der Waals surface area contributed by atoms with E-state index in [1.807, 2.05) is 18.2 Å². The van der Waals surface area contributed by atoms with Gasteiger partial charge in [0.1, 0.15) is 6.04 Å². The normalized spacial score (nSPS) is 12.3. The molecule has 0 aliphatic carbocycles. The lowest BCUT2D eigenvalue weighted by Crippen LogP contribution is -2.47. The molecule has 0 saturated heterocycles. The van der Waals surface area contributed by atoms with Gasteiger partial charge in [-0.2, -0.15) is 4.72 Å². The van der Waals surface area contributed by atoms with Crippen LogP contribution in [0.2, 0.25) is 5.02 Å². The van der Waals surface area contributed by atoms with Crippen molar-refractivity contribution in [2.75, 3.05) is 0 Å². The van der Waals surface area contributed by atoms with Gasteiger partial charge < -0.3 is 0 Å². The minimum absolute atomic E-state index is 0.0130. The second-order valence-electron chi connectivity index (χ2n) is 6.37. The maximum Gasteiger partial charge on any atom is 0.261 e. The second kappa shape index (κ2) is 9.19. The summed E-state index contributed by atoms with van der Waals surface area (Å²) < 4.78 is 27.9. The number of sulfonamides is 1. The summed E-state index contributed by atoms with van der Waals surface area (Å²) >= 11 is 5.89. The molecule has 0 spiro atoms. The summed E-state index contributed by atoms with van der Waals surface area (Å²) in [4.78, 5) is 12.0. The highest BCUT2D eigenvalue weighted by Crippen LogP contribution is 2.23. The molecule has 1 atom stereocenters. The lowest BCUT2D eigenvalue weighted by atomic mass is 10.1. The lowest BCUT2D eigenvalue weighted by Gasteiger charge is -2.17. The fourth-order valence-electron chi connectivity index (χ4n) is 2.84. The van der Waals surface area contributed by atoms with Crippen LogP contribution in [0.25, 0.3) is 11.1 Å². The maximum absolute atomic E-state index is 12.8. The third-order valence-corrected chi connectivity index (χ3v) is 6.09. The minimum Gasteiger partial charge on any atom is -0.289 e. The van der Waals surface area contributed by atoms with E-state index in [2.05, 4.69) is 4.72 Å². The van der Waals surface area contributed by atoms with E-state index in [4.69, 9.17) is 16.8 Å². The SMILES string of the molecule is O=C(NO)[C@H](Cc1ccccc1)NS(=O)(=O)c1ccc(-c2ccc(Cl)cc2)cc1. The second-order valence-corrected chi connectivity index (χ2v) is 8.52. The van der Waals surface area contributed by atoms with Crippen LogP contribution in [0.1, 0.15) is 5.56 Å². The molecule has 0 radical (unpaired) electrons. The van der Waals surface area contributed by atoms with Gasteiger partial charge in [-0.25, -0.2) is 13.9 Å². The molecule has 3 aromatic rings. The molecule has 0 fully saturated rings. The molecule has 8 heteroatoms. The van der Waals surface area contributed by atoms with Gasteiger partial charge in [0.25, 0.3) is 5.91 Å². The summed E-state index contributed by atoms with van der Waals surface area (Å²) in [5.74, 6) is -0.838. The zero-order valence-electron chi connectivity index (χ0n) is 15.2. The number of nitrogens with one attached hydrogen (secondary N) is 2. The van der Waals surface area contributed by atoms with Crippen LogP contribution in [0.15, 0.2) is 83.8 Å². The standard InChI is InChI=1S/C21H19ClN2O4S/c22-18-10-6-16(7-11-18)17-8-12-19(13-9-17)29(27,28)24-20(21(25)23-26)14-15-4-2-1-3-5-15/h1-13,20,24,26H,14H2,(H,23,25)/t20-/m0/s1. The number of hydrogen-bond acceptors (Lipinski definition) is 4. The number of halogens is 1.